The minimum absolute atomic E-state index is 0.0620. The first-order valence-electron chi connectivity index (χ1n) is 6.06. The third-order valence-corrected chi connectivity index (χ3v) is 3.29. The van der Waals surface area contributed by atoms with E-state index in [-0.39, 0.29) is 17.5 Å². The second-order valence-electron chi connectivity index (χ2n) is 4.47. The molecule has 19 heavy (non-hydrogen) atoms. The van der Waals surface area contributed by atoms with Gasteiger partial charge in [0.1, 0.15) is 11.5 Å². The molecule has 0 aliphatic rings. The highest BCUT2D eigenvalue weighted by atomic mass is 35.5. The molecule has 0 spiro atoms. The van der Waals surface area contributed by atoms with E-state index in [0.29, 0.717) is 11.6 Å². The number of halogens is 1. The number of aromatic hydroxyl groups is 2. The first-order chi connectivity index (χ1) is 9.06. The second-order valence-corrected chi connectivity index (χ2v) is 4.90. The summed E-state index contributed by atoms with van der Waals surface area (Å²) in [5, 5.41) is 22.9. The van der Waals surface area contributed by atoms with Crippen molar-refractivity contribution in [3.8, 4) is 11.5 Å². The van der Waals surface area contributed by atoms with Crippen LogP contribution >= 0.6 is 11.6 Å². The fourth-order valence-electron chi connectivity index (χ4n) is 1.83. The summed E-state index contributed by atoms with van der Waals surface area (Å²) in [4.78, 5) is 0. The summed E-state index contributed by atoms with van der Waals surface area (Å²) in [6.07, 6.45) is 0. The average Bonchev–Trinajstić information content (AvgIpc) is 2.38. The molecule has 4 heteroatoms. The number of phenolic OH excluding ortho intramolecular Hbond substituents is 2. The predicted molar refractivity (Wildman–Crippen MR) is 76.5 cm³/mol. The Morgan fingerprint density at radius 3 is 2.42 bits per heavy atom. The largest absolute Gasteiger partial charge is 0.508 e. The van der Waals surface area contributed by atoms with Gasteiger partial charge in [-0.2, -0.15) is 0 Å². The van der Waals surface area contributed by atoms with Crippen LogP contribution in [0, 0.1) is 0 Å². The third-order valence-electron chi connectivity index (χ3n) is 3.04. The van der Waals surface area contributed by atoms with Crippen LogP contribution in [0.1, 0.15) is 24.1 Å². The number of nitrogens with one attached hydrogen (secondary N) is 1. The molecule has 2 aromatic rings. The zero-order chi connectivity index (χ0) is 13.8. The SMILES string of the molecule is C[C@H](NCc1ccc(O)cc1O)c1ccc(Cl)cc1. The lowest BCUT2D eigenvalue weighted by atomic mass is 10.1. The Hall–Kier alpha value is -1.71. The summed E-state index contributed by atoms with van der Waals surface area (Å²) >= 11 is 5.85. The van der Waals surface area contributed by atoms with Crippen molar-refractivity contribution in [2.24, 2.45) is 0 Å². The van der Waals surface area contributed by atoms with Crippen LogP contribution in [-0.4, -0.2) is 10.2 Å². The second kappa shape index (κ2) is 5.95. The smallest absolute Gasteiger partial charge is 0.123 e. The maximum atomic E-state index is 9.69. The van der Waals surface area contributed by atoms with E-state index in [9.17, 15) is 10.2 Å². The van der Waals surface area contributed by atoms with Crippen molar-refractivity contribution < 1.29 is 10.2 Å². The summed E-state index contributed by atoms with van der Waals surface area (Å²) < 4.78 is 0. The van der Waals surface area contributed by atoms with Crippen LogP contribution < -0.4 is 5.32 Å². The van der Waals surface area contributed by atoms with Crippen molar-refractivity contribution >= 4 is 11.6 Å². The van der Waals surface area contributed by atoms with E-state index < -0.39 is 0 Å². The summed E-state index contributed by atoms with van der Waals surface area (Å²) in [6, 6.07) is 12.4. The lowest BCUT2D eigenvalue weighted by molar-refractivity contribution is 0.441. The van der Waals surface area contributed by atoms with E-state index in [1.54, 1.807) is 12.1 Å². The number of phenols is 2. The normalized spacial score (nSPS) is 12.3. The Balaban J connectivity index is 2.00. The van der Waals surface area contributed by atoms with Crippen molar-refractivity contribution in [3.63, 3.8) is 0 Å². The molecule has 0 aliphatic carbocycles. The molecule has 2 rings (SSSR count). The van der Waals surface area contributed by atoms with Gasteiger partial charge in [-0.05, 0) is 30.7 Å². The Morgan fingerprint density at radius 1 is 1.11 bits per heavy atom. The van der Waals surface area contributed by atoms with Crippen LogP contribution in [0.2, 0.25) is 5.02 Å². The Bertz CT molecular complexity index is 555. The van der Waals surface area contributed by atoms with Crippen molar-refractivity contribution in [2.45, 2.75) is 19.5 Å². The molecule has 0 fully saturated rings. The van der Waals surface area contributed by atoms with Crippen LogP contribution in [0.5, 0.6) is 11.5 Å². The molecular weight excluding hydrogens is 262 g/mol. The van der Waals surface area contributed by atoms with Gasteiger partial charge >= 0.3 is 0 Å². The molecule has 0 aromatic heterocycles. The summed E-state index contributed by atoms with van der Waals surface area (Å²) in [6.45, 7) is 2.57. The lowest BCUT2D eigenvalue weighted by Crippen LogP contribution is -2.18. The highest BCUT2D eigenvalue weighted by Gasteiger charge is 2.07. The van der Waals surface area contributed by atoms with Crippen molar-refractivity contribution in [2.75, 3.05) is 0 Å². The Labute approximate surface area is 117 Å². The lowest BCUT2D eigenvalue weighted by Gasteiger charge is -2.15. The molecule has 0 heterocycles. The van der Waals surface area contributed by atoms with Crippen LogP contribution in [0.25, 0.3) is 0 Å². The molecule has 0 aliphatic heterocycles. The monoisotopic (exact) mass is 277 g/mol. The summed E-state index contributed by atoms with van der Waals surface area (Å²) in [5.74, 6) is 0.155. The fraction of sp³-hybridized carbons (Fsp3) is 0.200. The van der Waals surface area contributed by atoms with Crippen molar-refractivity contribution in [3.05, 3.63) is 58.6 Å². The quantitative estimate of drug-likeness (QED) is 0.800. The molecule has 1 atom stereocenters. The summed E-state index contributed by atoms with van der Waals surface area (Å²) in [5.41, 5.74) is 1.88. The molecular formula is C15H16ClNO2. The number of benzene rings is 2. The fourth-order valence-corrected chi connectivity index (χ4v) is 1.96. The molecule has 3 N–H and O–H groups in total. The molecule has 3 nitrogen and oxygen atoms in total. The first kappa shape index (κ1) is 13.7. The zero-order valence-electron chi connectivity index (χ0n) is 10.6. The molecule has 0 unspecified atom stereocenters. The van der Waals surface area contributed by atoms with Gasteiger partial charge in [0, 0.05) is 29.2 Å². The van der Waals surface area contributed by atoms with Crippen molar-refractivity contribution in [1.29, 1.82) is 0 Å². The standard InChI is InChI=1S/C15H16ClNO2/c1-10(11-2-5-13(16)6-3-11)17-9-12-4-7-14(18)8-15(12)19/h2-8,10,17-19H,9H2,1H3/t10-/m0/s1. The minimum Gasteiger partial charge on any atom is -0.508 e. The van der Waals surface area contributed by atoms with Crippen LogP contribution in [-0.2, 0) is 6.54 Å². The van der Waals surface area contributed by atoms with E-state index >= 15 is 0 Å². The van der Waals surface area contributed by atoms with Gasteiger partial charge in [-0.1, -0.05) is 29.8 Å². The van der Waals surface area contributed by atoms with E-state index in [1.165, 1.54) is 6.07 Å². The Kier molecular flexibility index (Phi) is 4.30. The molecule has 0 radical (unpaired) electrons. The van der Waals surface area contributed by atoms with Gasteiger partial charge in [0.25, 0.3) is 0 Å². The molecule has 0 saturated heterocycles. The van der Waals surface area contributed by atoms with Gasteiger partial charge < -0.3 is 15.5 Å². The average molecular weight is 278 g/mol. The maximum absolute atomic E-state index is 9.69. The van der Waals surface area contributed by atoms with Gasteiger partial charge in [-0.15, -0.1) is 0 Å². The molecule has 0 amide bonds. The molecule has 0 saturated carbocycles. The van der Waals surface area contributed by atoms with Crippen molar-refractivity contribution in [1.82, 2.24) is 5.32 Å². The van der Waals surface area contributed by atoms with Gasteiger partial charge in [0.05, 0.1) is 0 Å². The summed E-state index contributed by atoms with van der Waals surface area (Å²) in [7, 11) is 0. The topological polar surface area (TPSA) is 52.5 Å². The molecule has 2 aromatic carbocycles. The van der Waals surface area contributed by atoms with E-state index in [1.807, 2.05) is 31.2 Å². The van der Waals surface area contributed by atoms with Gasteiger partial charge in [-0.3, -0.25) is 0 Å². The zero-order valence-corrected chi connectivity index (χ0v) is 11.4. The predicted octanol–water partition coefficient (Wildman–Crippen LogP) is 3.60. The van der Waals surface area contributed by atoms with Crippen LogP contribution in [0.15, 0.2) is 42.5 Å². The maximum Gasteiger partial charge on any atom is 0.123 e. The van der Waals surface area contributed by atoms with E-state index in [2.05, 4.69) is 5.32 Å². The van der Waals surface area contributed by atoms with Gasteiger partial charge in [-0.25, -0.2) is 0 Å². The van der Waals surface area contributed by atoms with E-state index in [4.69, 9.17) is 11.6 Å². The van der Waals surface area contributed by atoms with E-state index in [0.717, 1.165) is 11.1 Å². The van der Waals surface area contributed by atoms with Crippen LogP contribution in [0.3, 0.4) is 0 Å². The number of rotatable bonds is 4. The number of hydrogen-bond donors (Lipinski definition) is 3. The highest BCUT2D eigenvalue weighted by Crippen LogP contribution is 2.23. The molecule has 100 valence electrons. The minimum atomic E-state index is 0.0620. The highest BCUT2D eigenvalue weighted by molar-refractivity contribution is 6.30. The van der Waals surface area contributed by atoms with Gasteiger partial charge in [0.2, 0.25) is 0 Å². The van der Waals surface area contributed by atoms with Crippen LogP contribution in [0.4, 0.5) is 0 Å². The molecule has 0 bridgehead atoms. The Morgan fingerprint density at radius 2 is 1.79 bits per heavy atom. The number of hydrogen-bond acceptors (Lipinski definition) is 3. The third kappa shape index (κ3) is 3.63. The van der Waals surface area contributed by atoms with Gasteiger partial charge in [0.15, 0.2) is 0 Å². The first-order valence-corrected chi connectivity index (χ1v) is 6.44.